The number of halogens is 2. The smallest absolute Gasteiger partial charge is 0.160 e. The van der Waals surface area contributed by atoms with Crippen molar-refractivity contribution in [3.63, 3.8) is 0 Å². The largest absolute Gasteiger partial charge is 0.476 e. The minimum Gasteiger partial charge on any atom is -0.160 e. The van der Waals surface area contributed by atoms with Gasteiger partial charge < -0.3 is 0 Å². The van der Waals surface area contributed by atoms with Crippen molar-refractivity contribution in [1.29, 1.82) is 0 Å². The molecule has 1 aliphatic carbocycles. The second-order valence-electron chi connectivity index (χ2n) is 3.06. The maximum absolute atomic E-state index is 9.99. The predicted octanol–water partition coefficient (Wildman–Crippen LogP) is 2.73. The molecule has 0 aromatic heterocycles. The number of hydrogen-bond donors (Lipinski definition) is 0. The van der Waals surface area contributed by atoms with Crippen molar-refractivity contribution >= 4 is 10.6 Å². The Hall–Kier alpha value is -0.970. The number of benzene rings is 1. The summed E-state index contributed by atoms with van der Waals surface area (Å²) in [5.74, 6) is 0.909. The third-order valence-corrected chi connectivity index (χ3v) is 1.85. The molecule has 1 aromatic carbocycles. The fraction of sp³-hybridized carbons (Fsp3) is 0.333. The Balaban J connectivity index is 0.000000171. The van der Waals surface area contributed by atoms with Gasteiger partial charge in [0.25, 0.3) is 0 Å². The van der Waals surface area contributed by atoms with Gasteiger partial charge in [-0.15, -0.1) is 0 Å². The topological polar surface area (TPSA) is 34.1 Å². The van der Waals surface area contributed by atoms with Crippen LogP contribution in [0.1, 0.15) is 24.3 Å². The molecule has 14 heavy (non-hydrogen) atoms. The van der Waals surface area contributed by atoms with Crippen LogP contribution >= 0.6 is 0 Å². The molecule has 0 unspecified atom stereocenters. The molecule has 1 saturated carbocycles. The van der Waals surface area contributed by atoms with Gasteiger partial charge in [0, 0.05) is 0 Å². The van der Waals surface area contributed by atoms with Crippen LogP contribution in [0.4, 0.5) is 7.77 Å². The van der Waals surface area contributed by atoms with Crippen LogP contribution < -0.4 is 0 Å². The molecule has 0 amide bonds. The predicted molar refractivity (Wildman–Crippen MR) is 49.6 cm³/mol. The Morgan fingerprint density at radius 2 is 1.50 bits per heavy atom. The van der Waals surface area contributed by atoms with Crippen LogP contribution in [0.3, 0.4) is 0 Å². The van der Waals surface area contributed by atoms with Gasteiger partial charge in [-0.25, -0.2) is 0 Å². The maximum atomic E-state index is 9.99. The molecule has 78 valence electrons. The Kier molecular flexibility index (Phi) is 3.57. The van der Waals surface area contributed by atoms with E-state index in [1.165, 1.54) is 18.4 Å². The maximum Gasteiger partial charge on any atom is 0.476 e. The van der Waals surface area contributed by atoms with Gasteiger partial charge in [0.1, 0.15) is 0 Å². The Bertz CT molecular complexity index is 363. The van der Waals surface area contributed by atoms with E-state index in [1.807, 2.05) is 0 Å². The summed E-state index contributed by atoms with van der Waals surface area (Å²) >= 11 is 0. The van der Waals surface area contributed by atoms with Crippen molar-refractivity contribution in [1.82, 2.24) is 0 Å². The van der Waals surface area contributed by atoms with Crippen LogP contribution in [-0.4, -0.2) is 8.42 Å². The van der Waals surface area contributed by atoms with Crippen LogP contribution in [0.5, 0.6) is 0 Å². The Morgan fingerprint density at radius 3 is 1.86 bits per heavy atom. The summed E-state index contributed by atoms with van der Waals surface area (Å²) in [6.45, 7) is 0. The molecule has 1 aromatic rings. The van der Waals surface area contributed by atoms with Crippen LogP contribution in [0, 0.1) is 0 Å². The molecular formula is C9H10F2O2S. The van der Waals surface area contributed by atoms with Crippen molar-refractivity contribution in [2.24, 2.45) is 0 Å². The molecule has 2 rings (SSSR count). The summed E-state index contributed by atoms with van der Waals surface area (Å²) in [5.41, 5.74) is 1.53. The first kappa shape index (κ1) is 11.1. The van der Waals surface area contributed by atoms with Crippen molar-refractivity contribution < 1.29 is 16.2 Å². The fourth-order valence-corrected chi connectivity index (χ4v) is 1.14. The Morgan fingerprint density at radius 1 is 1.07 bits per heavy atom. The second-order valence-corrected chi connectivity index (χ2v) is 3.82. The van der Waals surface area contributed by atoms with Crippen molar-refractivity contribution in [3.8, 4) is 0 Å². The second kappa shape index (κ2) is 4.50. The molecule has 0 heterocycles. The standard InChI is InChI=1S/C9H10.F2O2S/c1-2-4-8(5-3-1)9-6-7-9;1-5(2,3)4/h1-5,9H,6-7H2;. The first-order valence-electron chi connectivity index (χ1n) is 4.16. The fourth-order valence-electron chi connectivity index (χ4n) is 1.14. The van der Waals surface area contributed by atoms with Crippen LogP contribution in [0.15, 0.2) is 30.3 Å². The van der Waals surface area contributed by atoms with Gasteiger partial charge >= 0.3 is 10.6 Å². The normalized spacial score (nSPS) is 15.6. The highest BCUT2D eigenvalue weighted by molar-refractivity contribution is 7.81. The average Bonchev–Trinajstić information content (AvgIpc) is 2.85. The van der Waals surface area contributed by atoms with Crippen LogP contribution in [0.25, 0.3) is 0 Å². The molecule has 0 radical (unpaired) electrons. The minimum atomic E-state index is -5.67. The molecule has 0 bridgehead atoms. The molecule has 2 nitrogen and oxygen atoms in total. The van der Waals surface area contributed by atoms with E-state index in [2.05, 4.69) is 30.3 Å². The van der Waals surface area contributed by atoms with Gasteiger partial charge in [-0.05, 0) is 24.3 Å². The van der Waals surface area contributed by atoms with E-state index < -0.39 is 10.6 Å². The molecule has 1 aliphatic rings. The van der Waals surface area contributed by atoms with Crippen LogP contribution in [0.2, 0.25) is 0 Å². The summed E-state index contributed by atoms with van der Waals surface area (Å²) in [6, 6.07) is 10.8. The minimum absolute atomic E-state index is 0.909. The quantitative estimate of drug-likeness (QED) is 0.682. The summed E-state index contributed by atoms with van der Waals surface area (Å²) in [4.78, 5) is 0. The summed E-state index contributed by atoms with van der Waals surface area (Å²) in [7, 11) is -5.67. The molecule has 0 atom stereocenters. The molecule has 0 N–H and O–H groups in total. The highest BCUT2D eigenvalue weighted by atomic mass is 32.3. The van der Waals surface area contributed by atoms with E-state index in [0.717, 1.165) is 5.92 Å². The van der Waals surface area contributed by atoms with E-state index in [9.17, 15) is 7.77 Å². The highest BCUT2D eigenvalue weighted by Crippen LogP contribution is 2.39. The van der Waals surface area contributed by atoms with Crippen molar-refractivity contribution in [2.75, 3.05) is 0 Å². The van der Waals surface area contributed by atoms with E-state index in [4.69, 9.17) is 8.42 Å². The zero-order chi connectivity index (χ0) is 10.6. The van der Waals surface area contributed by atoms with E-state index >= 15 is 0 Å². The SMILES string of the molecule is O=S(=O)(F)F.c1ccc(C2CC2)cc1. The zero-order valence-electron chi connectivity index (χ0n) is 7.36. The zero-order valence-corrected chi connectivity index (χ0v) is 8.18. The van der Waals surface area contributed by atoms with Gasteiger partial charge in [0.15, 0.2) is 0 Å². The molecule has 0 aliphatic heterocycles. The molecular weight excluding hydrogens is 210 g/mol. The molecule has 1 fully saturated rings. The van der Waals surface area contributed by atoms with Crippen LogP contribution in [-0.2, 0) is 10.6 Å². The molecule has 5 heteroatoms. The molecule has 0 saturated heterocycles. The van der Waals surface area contributed by atoms with Gasteiger partial charge in [0.05, 0.1) is 0 Å². The Labute approximate surface area is 82.1 Å². The monoisotopic (exact) mass is 220 g/mol. The lowest BCUT2D eigenvalue weighted by Gasteiger charge is -1.92. The average molecular weight is 220 g/mol. The van der Waals surface area contributed by atoms with E-state index in [-0.39, 0.29) is 0 Å². The first-order chi connectivity index (χ1) is 6.47. The van der Waals surface area contributed by atoms with Gasteiger partial charge in [0.2, 0.25) is 0 Å². The third kappa shape index (κ3) is 5.64. The van der Waals surface area contributed by atoms with Gasteiger partial charge in [-0.3, -0.25) is 0 Å². The summed E-state index contributed by atoms with van der Waals surface area (Å²) < 4.78 is 36.6. The lowest BCUT2D eigenvalue weighted by atomic mass is 10.1. The van der Waals surface area contributed by atoms with Gasteiger partial charge in [-0.1, -0.05) is 38.1 Å². The lowest BCUT2D eigenvalue weighted by molar-refractivity contribution is 0.501. The summed E-state index contributed by atoms with van der Waals surface area (Å²) in [5, 5.41) is 0. The van der Waals surface area contributed by atoms with Crippen molar-refractivity contribution in [3.05, 3.63) is 35.9 Å². The van der Waals surface area contributed by atoms with Crippen molar-refractivity contribution in [2.45, 2.75) is 18.8 Å². The van der Waals surface area contributed by atoms with Gasteiger partial charge in [-0.2, -0.15) is 8.42 Å². The molecule has 0 spiro atoms. The summed E-state index contributed by atoms with van der Waals surface area (Å²) in [6.07, 6.45) is 2.81. The third-order valence-electron chi connectivity index (χ3n) is 1.85. The number of hydrogen-bond acceptors (Lipinski definition) is 2. The lowest BCUT2D eigenvalue weighted by Crippen LogP contribution is -1.73. The first-order valence-corrected chi connectivity index (χ1v) is 5.44. The van der Waals surface area contributed by atoms with E-state index in [0.29, 0.717) is 0 Å². The number of rotatable bonds is 1. The van der Waals surface area contributed by atoms with E-state index in [1.54, 1.807) is 0 Å². The highest BCUT2D eigenvalue weighted by Gasteiger charge is 2.22.